The van der Waals surface area contributed by atoms with E-state index in [0.717, 1.165) is 49.7 Å². The van der Waals surface area contributed by atoms with Crippen LogP contribution in [0.2, 0.25) is 0 Å². The van der Waals surface area contributed by atoms with Crippen LogP contribution in [-0.4, -0.2) is 48.5 Å². The second kappa shape index (κ2) is 8.84. The third-order valence-electron chi connectivity index (χ3n) is 5.21. The summed E-state index contributed by atoms with van der Waals surface area (Å²) in [5, 5.41) is 14.0. The van der Waals surface area contributed by atoms with Gasteiger partial charge in [0, 0.05) is 49.2 Å². The number of nitrogens with one attached hydrogen (secondary N) is 1. The molecule has 0 atom stereocenters. The molecule has 0 aliphatic carbocycles. The lowest BCUT2D eigenvalue weighted by Gasteiger charge is -2.35. The van der Waals surface area contributed by atoms with Crippen molar-refractivity contribution in [1.29, 1.82) is 0 Å². The van der Waals surface area contributed by atoms with E-state index in [1.54, 1.807) is 18.2 Å². The van der Waals surface area contributed by atoms with Gasteiger partial charge in [-0.2, -0.15) is 0 Å². The Morgan fingerprint density at radius 2 is 1.86 bits per heavy atom. The maximum atomic E-state index is 12.4. The number of nitrogens with zero attached hydrogens (tertiary/aromatic N) is 3. The monoisotopic (exact) mass is 382 g/mol. The Morgan fingerprint density at radius 1 is 1.14 bits per heavy atom. The van der Waals surface area contributed by atoms with Crippen molar-refractivity contribution in [3.63, 3.8) is 0 Å². The summed E-state index contributed by atoms with van der Waals surface area (Å²) >= 11 is 0. The Hall–Kier alpha value is -2.93. The number of hydrogen-bond donors (Lipinski definition) is 1. The molecule has 28 heavy (non-hydrogen) atoms. The maximum absolute atomic E-state index is 12.4. The standard InChI is InChI=1S/C21H26N4O3/c1-3-23-10-12-24(13-11-23)18-8-9-19(16(2)14-18)22-21(26)15-17-6-4-5-7-20(17)25(27)28/h4-9,14H,3,10-13,15H2,1-2H3,(H,22,26). The quantitative estimate of drug-likeness (QED) is 0.613. The highest BCUT2D eigenvalue weighted by atomic mass is 16.6. The predicted molar refractivity (Wildman–Crippen MR) is 111 cm³/mol. The number of carbonyl (C=O) groups is 1. The molecule has 3 rings (SSSR count). The zero-order chi connectivity index (χ0) is 20.1. The zero-order valence-corrected chi connectivity index (χ0v) is 16.4. The van der Waals surface area contributed by atoms with Crippen LogP contribution in [0.4, 0.5) is 17.1 Å². The van der Waals surface area contributed by atoms with Crippen LogP contribution in [0, 0.1) is 17.0 Å². The third kappa shape index (κ3) is 4.67. The highest BCUT2D eigenvalue weighted by Gasteiger charge is 2.18. The Morgan fingerprint density at radius 3 is 2.50 bits per heavy atom. The van der Waals surface area contributed by atoms with E-state index in [0.29, 0.717) is 5.56 Å². The number of para-hydroxylation sites is 1. The van der Waals surface area contributed by atoms with Crippen molar-refractivity contribution in [3.05, 3.63) is 63.7 Å². The van der Waals surface area contributed by atoms with Gasteiger partial charge in [-0.3, -0.25) is 14.9 Å². The van der Waals surface area contributed by atoms with Crippen molar-refractivity contribution < 1.29 is 9.72 Å². The van der Waals surface area contributed by atoms with Gasteiger partial charge in [0.05, 0.1) is 11.3 Å². The van der Waals surface area contributed by atoms with Gasteiger partial charge >= 0.3 is 0 Å². The number of rotatable bonds is 6. The van der Waals surface area contributed by atoms with Crippen LogP contribution in [0.1, 0.15) is 18.1 Å². The molecule has 2 aromatic carbocycles. The first-order valence-corrected chi connectivity index (χ1v) is 9.58. The largest absolute Gasteiger partial charge is 0.369 e. The van der Waals surface area contributed by atoms with Gasteiger partial charge in [0.25, 0.3) is 5.69 Å². The molecule has 0 aromatic heterocycles. The molecule has 1 N–H and O–H groups in total. The van der Waals surface area contributed by atoms with Crippen LogP contribution < -0.4 is 10.2 Å². The number of nitro benzene ring substituents is 1. The average molecular weight is 382 g/mol. The van der Waals surface area contributed by atoms with E-state index in [2.05, 4.69) is 28.1 Å². The smallest absolute Gasteiger partial charge is 0.273 e. The molecule has 0 saturated carbocycles. The minimum Gasteiger partial charge on any atom is -0.369 e. The summed E-state index contributed by atoms with van der Waals surface area (Å²) in [4.78, 5) is 27.9. The summed E-state index contributed by atoms with van der Waals surface area (Å²) in [7, 11) is 0. The van der Waals surface area contributed by atoms with Gasteiger partial charge in [0.15, 0.2) is 0 Å². The molecule has 1 aliphatic heterocycles. The summed E-state index contributed by atoms with van der Waals surface area (Å²) in [6, 6.07) is 12.4. The van der Waals surface area contributed by atoms with E-state index in [1.165, 1.54) is 6.07 Å². The second-order valence-corrected chi connectivity index (χ2v) is 7.03. The lowest BCUT2D eigenvalue weighted by atomic mass is 10.1. The minimum atomic E-state index is -0.457. The van der Waals surface area contributed by atoms with Gasteiger partial charge in [-0.25, -0.2) is 0 Å². The summed E-state index contributed by atoms with van der Waals surface area (Å²) in [5.41, 5.74) is 3.25. The van der Waals surface area contributed by atoms with Gasteiger partial charge in [0.2, 0.25) is 5.91 Å². The topological polar surface area (TPSA) is 78.7 Å². The first-order chi connectivity index (χ1) is 13.5. The van der Waals surface area contributed by atoms with Gasteiger partial charge in [-0.05, 0) is 37.2 Å². The van der Waals surface area contributed by atoms with Gasteiger partial charge < -0.3 is 15.1 Å². The summed E-state index contributed by atoms with van der Waals surface area (Å²) < 4.78 is 0. The number of piperazine rings is 1. The molecule has 0 radical (unpaired) electrons. The van der Waals surface area contributed by atoms with E-state index < -0.39 is 4.92 Å². The van der Waals surface area contributed by atoms with Crippen LogP contribution in [0.25, 0.3) is 0 Å². The fraction of sp³-hybridized carbons (Fsp3) is 0.381. The predicted octanol–water partition coefficient (Wildman–Crippen LogP) is 3.23. The van der Waals surface area contributed by atoms with Crippen molar-refractivity contribution in [2.75, 3.05) is 42.9 Å². The summed E-state index contributed by atoms with van der Waals surface area (Å²) in [6.07, 6.45) is -0.0304. The molecule has 0 unspecified atom stereocenters. The molecule has 1 amide bonds. The zero-order valence-electron chi connectivity index (χ0n) is 16.4. The maximum Gasteiger partial charge on any atom is 0.273 e. The molecule has 0 spiro atoms. The number of nitro groups is 1. The fourth-order valence-electron chi connectivity index (χ4n) is 3.51. The van der Waals surface area contributed by atoms with Crippen LogP contribution in [0.15, 0.2) is 42.5 Å². The van der Waals surface area contributed by atoms with Crippen molar-refractivity contribution in [2.45, 2.75) is 20.3 Å². The Balaban J connectivity index is 1.65. The Kier molecular flexibility index (Phi) is 6.26. The van der Waals surface area contributed by atoms with Crippen molar-refractivity contribution in [3.8, 4) is 0 Å². The highest BCUT2D eigenvalue weighted by Crippen LogP contribution is 2.24. The number of carbonyl (C=O) groups excluding carboxylic acids is 1. The number of amides is 1. The van der Waals surface area contributed by atoms with E-state index in [4.69, 9.17) is 0 Å². The summed E-state index contributed by atoms with van der Waals surface area (Å²) in [5.74, 6) is -0.262. The highest BCUT2D eigenvalue weighted by molar-refractivity contribution is 5.93. The molecule has 1 saturated heterocycles. The van der Waals surface area contributed by atoms with Crippen molar-refractivity contribution >= 4 is 23.0 Å². The molecule has 1 aliphatic rings. The first kappa shape index (κ1) is 19.8. The second-order valence-electron chi connectivity index (χ2n) is 7.03. The van der Waals surface area contributed by atoms with Gasteiger partial charge in [0.1, 0.15) is 0 Å². The number of aryl methyl sites for hydroxylation is 1. The summed E-state index contributed by atoms with van der Waals surface area (Å²) in [6.45, 7) is 9.34. The molecule has 0 bridgehead atoms. The molecule has 7 nitrogen and oxygen atoms in total. The molecule has 1 fully saturated rings. The van der Waals surface area contributed by atoms with Crippen LogP contribution in [-0.2, 0) is 11.2 Å². The molecular weight excluding hydrogens is 356 g/mol. The number of benzene rings is 2. The number of hydrogen-bond acceptors (Lipinski definition) is 5. The minimum absolute atomic E-state index is 0.0304. The lowest BCUT2D eigenvalue weighted by Crippen LogP contribution is -2.46. The molecular formula is C21H26N4O3. The van der Waals surface area contributed by atoms with E-state index in [1.807, 2.05) is 19.1 Å². The van der Waals surface area contributed by atoms with Gasteiger partial charge in [-0.15, -0.1) is 0 Å². The normalized spacial score (nSPS) is 14.7. The Labute approximate surface area is 165 Å². The van der Waals surface area contributed by atoms with Crippen molar-refractivity contribution in [1.82, 2.24) is 4.90 Å². The van der Waals surface area contributed by atoms with Crippen molar-refractivity contribution in [2.24, 2.45) is 0 Å². The van der Waals surface area contributed by atoms with Crippen LogP contribution in [0.3, 0.4) is 0 Å². The fourth-order valence-corrected chi connectivity index (χ4v) is 3.51. The van der Waals surface area contributed by atoms with E-state index in [9.17, 15) is 14.9 Å². The molecule has 2 aromatic rings. The first-order valence-electron chi connectivity index (χ1n) is 9.58. The molecule has 1 heterocycles. The average Bonchev–Trinajstić information content (AvgIpc) is 2.70. The molecule has 7 heteroatoms. The van der Waals surface area contributed by atoms with Crippen LogP contribution in [0.5, 0.6) is 0 Å². The SMILES string of the molecule is CCN1CCN(c2ccc(NC(=O)Cc3ccccc3[N+](=O)[O-])c(C)c2)CC1. The number of likely N-dealkylation sites (N-methyl/N-ethyl adjacent to an activating group) is 1. The van der Waals surface area contributed by atoms with E-state index in [-0.39, 0.29) is 18.0 Å². The van der Waals surface area contributed by atoms with Crippen LogP contribution >= 0.6 is 0 Å². The lowest BCUT2D eigenvalue weighted by molar-refractivity contribution is -0.385. The number of anilines is 2. The van der Waals surface area contributed by atoms with E-state index >= 15 is 0 Å². The Bertz CT molecular complexity index is 860. The third-order valence-corrected chi connectivity index (χ3v) is 5.21. The van der Waals surface area contributed by atoms with Gasteiger partial charge in [-0.1, -0.05) is 25.1 Å². The molecule has 148 valence electrons.